The molecule has 18 heavy (non-hydrogen) atoms. The first-order valence-electron chi connectivity index (χ1n) is 5.06. The maximum atomic E-state index is 11.8. The number of carboxylic acid groups (broad SMARTS) is 1. The Bertz CT molecular complexity index is 561. The summed E-state index contributed by atoms with van der Waals surface area (Å²) < 4.78 is 5.05. The zero-order valence-electron chi connectivity index (χ0n) is 9.49. The van der Waals surface area contributed by atoms with Gasteiger partial charge in [-0.2, -0.15) is 0 Å². The molecule has 1 N–H and O–H groups in total. The number of likely N-dealkylation sites (N-methyl/N-ethyl adjacent to an activating group) is 1. The van der Waals surface area contributed by atoms with Crippen LogP contribution in [0.3, 0.4) is 0 Å². The van der Waals surface area contributed by atoms with Crippen molar-refractivity contribution in [1.29, 1.82) is 0 Å². The summed E-state index contributed by atoms with van der Waals surface area (Å²) in [7, 11) is 1.40. The molecule has 94 valence electrons. The van der Waals surface area contributed by atoms with Gasteiger partial charge < -0.3 is 14.5 Å². The first-order chi connectivity index (χ1) is 8.58. The van der Waals surface area contributed by atoms with E-state index in [0.29, 0.717) is 5.76 Å². The number of thiophene rings is 1. The molecule has 0 bridgehead atoms. The van der Waals surface area contributed by atoms with Gasteiger partial charge in [-0.3, -0.25) is 9.59 Å². The van der Waals surface area contributed by atoms with Gasteiger partial charge in [-0.25, -0.2) is 0 Å². The monoisotopic (exact) mass is 266 g/mol. The summed E-state index contributed by atoms with van der Waals surface area (Å²) in [6.45, 7) is -0.375. The number of rotatable bonds is 4. The van der Waals surface area contributed by atoms with Gasteiger partial charge in [0.15, 0.2) is 11.5 Å². The van der Waals surface area contributed by atoms with E-state index < -0.39 is 11.9 Å². The number of nitrogens with zero attached hydrogens (tertiary/aromatic N) is 2. The molecule has 0 unspecified atom stereocenters. The molecule has 0 atom stereocenters. The molecule has 7 heteroatoms. The van der Waals surface area contributed by atoms with E-state index in [9.17, 15) is 9.59 Å². The minimum atomic E-state index is -1.08. The van der Waals surface area contributed by atoms with Crippen molar-refractivity contribution in [2.24, 2.45) is 0 Å². The van der Waals surface area contributed by atoms with E-state index >= 15 is 0 Å². The smallest absolute Gasteiger partial charge is 0.323 e. The third-order valence-corrected chi connectivity index (χ3v) is 3.10. The molecule has 0 aliphatic carbocycles. The van der Waals surface area contributed by atoms with E-state index in [1.54, 1.807) is 0 Å². The fourth-order valence-corrected chi connectivity index (χ4v) is 2.05. The summed E-state index contributed by atoms with van der Waals surface area (Å²) in [5.74, 6) is -1.06. The quantitative estimate of drug-likeness (QED) is 0.907. The van der Waals surface area contributed by atoms with Crippen molar-refractivity contribution < 1.29 is 19.2 Å². The number of carbonyl (C=O) groups is 2. The number of aliphatic carboxylic acids is 1. The van der Waals surface area contributed by atoms with Gasteiger partial charge in [0.05, 0.1) is 4.88 Å². The summed E-state index contributed by atoms with van der Waals surface area (Å²) >= 11 is 1.47. The molecule has 0 saturated carbocycles. The lowest BCUT2D eigenvalue weighted by atomic mass is 10.3. The van der Waals surface area contributed by atoms with Crippen LogP contribution in [-0.4, -0.2) is 40.6 Å². The molecule has 2 heterocycles. The van der Waals surface area contributed by atoms with Gasteiger partial charge >= 0.3 is 5.97 Å². The highest BCUT2D eigenvalue weighted by Gasteiger charge is 2.19. The molecule has 0 fully saturated rings. The minimum Gasteiger partial charge on any atom is -0.480 e. The Labute approximate surface area is 106 Å². The molecule has 2 rings (SSSR count). The van der Waals surface area contributed by atoms with Gasteiger partial charge in [0.2, 0.25) is 0 Å². The molecule has 0 radical (unpaired) electrons. The minimum absolute atomic E-state index is 0.0992. The van der Waals surface area contributed by atoms with Crippen LogP contribution in [0.4, 0.5) is 0 Å². The summed E-state index contributed by atoms with van der Waals surface area (Å²) in [5, 5.41) is 14.1. The van der Waals surface area contributed by atoms with Crippen LogP contribution in [0.25, 0.3) is 10.6 Å². The van der Waals surface area contributed by atoms with E-state index in [2.05, 4.69) is 5.16 Å². The predicted octanol–water partition coefficient (Wildman–Crippen LogP) is 1.56. The lowest BCUT2D eigenvalue weighted by Crippen LogP contribution is -2.32. The third-order valence-electron chi connectivity index (χ3n) is 2.21. The van der Waals surface area contributed by atoms with Crippen LogP contribution < -0.4 is 0 Å². The molecule has 0 aliphatic rings. The van der Waals surface area contributed by atoms with Crippen LogP contribution in [0.1, 0.15) is 10.5 Å². The number of hydrogen-bond donors (Lipinski definition) is 1. The van der Waals surface area contributed by atoms with Gasteiger partial charge in [0, 0.05) is 13.1 Å². The average molecular weight is 266 g/mol. The SMILES string of the molecule is CN(CC(=O)O)C(=O)c1cc(-c2cccs2)on1. The van der Waals surface area contributed by atoms with Crippen molar-refractivity contribution in [3.63, 3.8) is 0 Å². The topological polar surface area (TPSA) is 83.6 Å². The molecule has 1 amide bonds. The van der Waals surface area contributed by atoms with Crippen LogP contribution in [0.2, 0.25) is 0 Å². The summed E-state index contributed by atoms with van der Waals surface area (Å²) in [4.78, 5) is 24.2. The Morgan fingerprint density at radius 1 is 1.56 bits per heavy atom. The van der Waals surface area contributed by atoms with E-state index in [1.807, 2.05) is 17.5 Å². The van der Waals surface area contributed by atoms with Gasteiger partial charge in [-0.1, -0.05) is 11.2 Å². The highest BCUT2D eigenvalue weighted by atomic mass is 32.1. The first-order valence-corrected chi connectivity index (χ1v) is 5.93. The molecule has 0 aromatic carbocycles. The standard InChI is InChI=1S/C11H10N2O4S/c1-13(6-10(14)15)11(16)7-5-8(17-12-7)9-3-2-4-18-9/h2-5H,6H2,1H3,(H,14,15). The number of carbonyl (C=O) groups excluding carboxylic acids is 1. The fourth-order valence-electron chi connectivity index (χ4n) is 1.38. The van der Waals surface area contributed by atoms with Crippen molar-refractivity contribution in [3.05, 3.63) is 29.3 Å². The van der Waals surface area contributed by atoms with Crippen LogP contribution in [0.5, 0.6) is 0 Å². The summed E-state index contributed by atoms with van der Waals surface area (Å²) in [5.41, 5.74) is 0.0992. The lowest BCUT2D eigenvalue weighted by molar-refractivity contribution is -0.137. The maximum Gasteiger partial charge on any atom is 0.323 e. The van der Waals surface area contributed by atoms with Crippen molar-refractivity contribution in [3.8, 4) is 10.6 Å². The van der Waals surface area contributed by atoms with E-state index in [0.717, 1.165) is 9.78 Å². The molecule has 0 spiro atoms. The largest absolute Gasteiger partial charge is 0.480 e. The third kappa shape index (κ3) is 2.57. The predicted molar refractivity (Wildman–Crippen MR) is 64.4 cm³/mol. The molecule has 6 nitrogen and oxygen atoms in total. The van der Waals surface area contributed by atoms with E-state index in [4.69, 9.17) is 9.63 Å². The van der Waals surface area contributed by atoms with Crippen molar-refractivity contribution >= 4 is 23.2 Å². The number of amides is 1. The fraction of sp³-hybridized carbons (Fsp3) is 0.182. The Balaban J connectivity index is 2.15. The highest BCUT2D eigenvalue weighted by Crippen LogP contribution is 2.25. The normalized spacial score (nSPS) is 10.3. The Kier molecular flexibility index (Phi) is 3.42. The van der Waals surface area contributed by atoms with Gasteiger partial charge in [0.25, 0.3) is 5.91 Å². The first kappa shape index (κ1) is 12.3. The Hall–Kier alpha value is -2.15. The second-order valence-electron chi connectivity index (χ2n) is 3.61. The zero-order chi connectivity index (χ0) is 13.1. The Morgan fingerprint density at radius 3 is 2.94 bits per heavy atom. The van der Waals surface area contributed by atoms with Gasteiger partial charge in [0.1, 0.15) is 6.54 Å². The van der Waals surface area contributed by atoms with Crippen LogP contribution in [0, 0.1) is 0 Å². The molecule has 2 aromatic heterocycles. The van der Waals surface area contributed by atoms with Crippen LogP contribution >= 0.6 is 11.3 Å². The van der Waals surface area contributed by atoms with Crippen molar-refractivity contribution in [1.82, 2.24) is 10.1 Å². The number of carboxylic acids is 1. The Morgan fingerprint density at radius 2 is 2.33 bits per heavy atom. The molecule has 0 saturated heterocycles. The second kappa shape index (κ2) is 5.01. The number of aromatic nitrogens is 1. The molecular formula is C11H10N2O4S. The van der Waals surface area contributed by atoms with Crippen molar-refractivity contribution in [2.45, 2.75) is 0 Å². The zero-order valence-corrected chi connectivity index (χ0v) is 10.3. The van der Waals surface area contributed by atoms with Crippen LogP contribution in [-0.2, 0) is 4.79 Å². The summed E-state index contributed by atoms with van der Waals surface area (Å²) in [6, 6.07) is 5.22. The van der Waals surface area contributed by atoms with Gasteiger partial charge in [-0.15, -0.1) is 11.3 Å². The highest BCUT2D eigenvalue weighted by molar-refractivity contribution is 7.13. The van der Waals surface area contributed by atoms with Crippen LogP contribution in [0.15, 0.2) is 28.1 Å². The maximum absolute atomic E-state index is 11.8. The van der Waals surface area contributed by atoms with E-state index in [-0.39, 0.29) is 12.2 Å². The van der Waals surface area contributed by atoms with Crippen molar-refractivity contribution in [2.75, 3.05) is 13.6 Å². The second-order valence-corrected chi connectivity index (χ2v) is 4.56. The van der Waals surface area contributed by atoms with E-state index in [1.165, 1.54) is 24.5 Å². The summed E-state index contributed by atoms with van der Waals surface area (Å²) in [6.07, 6.45) is 0. The molecular weight excluding hydrogens is 256 g/mol. The lowest BCUT2D eigenvalue weighted by Gasteiger charge is -2.11. The number of hydrogen-bond acceptors (Lipinski definition) is 5. The van der Waals surface area contributed by atoms with Gasteiger partial charge in [-0.05, 0) is 11.4 Å². The molecule has 0 aliphatic heterocycles. The average Bonchev–Trinajstić information content (AvgIpc) is 2.97. The molecule has 2 aromatic rings.